The van der Waals surface area contributed by atoms with Crippen molar-refractivity contribution in [3.8, 4) is 0 Å². The van der Waals surface area contributed by atoms with Crippen molar-refractivity contribution in [1.82, 2.24) is 0 Å². The third kappa shape index (κ3) is 29.3. The molecule has 69 heavy (non-hydrogen) atoms. The van der Waals surface area contributed by atoms with Gasteiger partial charge in [0.05, 0.1) is 19.8 Å². The standard InChI is InChI=1S/C54H98O15/c1-3-5-7-9-11-13-15-17-19-20-21-23-25-27-29-31-33-35-37-46(57)67-42(39-64-45(56)36-34-32-30-28-26-24-22-18-16-14-12-10-8-6-4-2)40-65-53-52(63)50(61)48(59)44(69-53)41-66-54-51(62)49(60)47(58)43(38-55)68-54/h18,22,26,28,42-44,47-55,58-63H,3-17,19-21,23-25,27,29-41H2,1-2H3/b22-18+,28-26+/t42-,43+,44+,47-,48-,49?,50?,51?,52?,53+,54+/m1/s1. The summed E-state index contributed by atoms with van der Waals surface area (Å²) in [5.41, 5.74) is 0. The maximum atomic E-state index is 13.0. The van der Waals surface area contributed by atoms with Crippen molar-refractivity contribution < 1.29 is 73.8 Å². The molecule has 2 rings (SSSR count). The first-order valence-electron chi connectivity index (χ1n) is 27.4. The number of aliphatic hydroxyl groups is 7. The highest BCUT2D eigenvalue weighted by Gasteiger charge is 2.47. The number of rotatable bonds is 43. The molecule has 2 aliphatic heterocycles. The van der Waals surface area contributed by atoms with E-state index in [0.29, 0.717) is 12.8 Å². The first-order valence-corrected chi connectivity index (χ1v) is 27.4. The number of ether oxygens (including phenoxy) is 6. The van der Waals surface area contributed by atoms with Crippen molar-refractivity contribution in [1.29, 1.82) is 0 Å². The molecule has 15 heteroatoms. The summed E-state index contributed by atoms with van der Waals surface area (Å²) in [4.78, 5) is 25.8. The average Bonchev–Trinajstić information content (AvgIpc) is 3.34. The Morgan fingerprint density at radius 3 is 1.38 bits per heavy atom. The van der Waals surface area contributed by atoms with Gasteiger partial charge in [0.15, 0.2) is 18.7 Å². The fourth-order valence-corrected chi connectivity index (χ4v) is 8.66. The summed E-state index contributed by atoms with van der Waals surface area (Å²) in [7, 11) is 0. The Hall–Kier alpha value is -2.02. The van der Waals surface area contributed by atoms with Crippen molar-refractivity contribution in [2.24, 2.45) is 0 Å². The molecule has 0 amide bonds. The Labute approximate surface area is 415 Å². The zero-order valence-electron chi connectivity index (χ0n) is 42.8. The SMILES string of the molecule is CCCCCCCC/C=C/C/C=C/CCCCC(=O)OC[C@H](CO[C@H]1O[C@@H](CO[C@H]2O[C@@H](CO)[C@@H](O)C(O)C2O)[C@@H](O)C(O)C1O)OC(=O)CCCCCCCCCCCCCCCCCCCC. The van der Waals surface area contributed by atoms with Gasteiger partial charge in [-0.05, 0) is 44.9 Å². The highest BCUT2D eigenvalue weighted by atomic mass is 16.7. The van der Waals surface area contributed by atoms with Crippen LogP contribution in [0.1, 0.15) is 213 Å². The van der Waals surface area contributed by atoms with Gasteiger partial charge < -0.3 is 64.2 Å². The Balaban J connectivity index is 1.79. The first-order chi connectivity index (χ1) is 33.5. The second-order valence-electron chi connectivity index (χ2n) is 19.4. The Morgan fingerprint density at radius 1 is 0.464 bits per heavy atom. The van der Waals surface area contributed by atoms with Crippen molar-refractivity contribution >= 4 is 11.9 Å². The number of carbonyl (C=O) groups is 2. The van der Waals surface area contributed by atoms with E-state index in [2.05, 4.69) is 38.2 Å². The van der Waals surface area contributed by atoms with Crippen LogP contribution in [0.15, 0.2) is 24.3 Å². The maximum Gasteiger partial charge on any atom is 0.306 e. The van der Waals surface area contributed by atoms with E-state index in [4.69, 9.17) is 28.4 Å². The van der Waals surface area contributed by atoms with Gasteiger partial charge >= 0.3 is 11.9 Å². The molecule has 2 aliphatic rings. The number of aliphatic hydroxyl groups excluding tert-OH is 7. The zero-order valence-corrected chi connectivity index (χ0v) is 42.8. The molecule has 0 aliphatic carbocycles. The maximum absolute atomic E-state index is 13.0. The lowest BCUT2D eigenvalue weighted by Gasteiger charge is -2.42. The van der Waals surface area contributed by atoms with Crippen LogP contribution in [-0.4, -0.2) is 142 Å². The molecule has 0 aromatic carbocycles. The molecule has 2 heterocycles. The molecule has 4 unspecified atom stereocenters. The third-order valence-corrected chi connectivity index (χ3v) is 13.2. The highest BCUT2D eigenvalue weighted by molar-refractivity contribution is 5.70. The molecular weight excluding hydrogens is 889 g/mol. The minimum atomic E-state index is -1.77. The summed E-state index contributed by atoms with van der Waals surface area (Å²) >= 11 is 0. The van der Waals surface area contributed by atoms with E-state index in [1.807, 2.05) is 0 Å². The summed E-state index contributed by atoms with van der Waals surface area (Å²) in [5, 5.41) is 72.1. The van der Waals surface area contributed by atoms with Crippen LogP contribution < -0.4 is 0 Å². The first kappa shape index (κ1) is 63.1. The van der Waals surface area contributed by atoms with Crippen LogP contribution in [0, 0.1) is 0 Å². The number of hydrogen-bond donors (Lipinski definition) is 7. The van der Waals surface area contributed by atoms with Gasteiger partial charge in [-0.25, -0.2) is 0 Å². The average molecular weight is 987 g/mol. The van der Waals surface area contributed by atoms with Gasteiger partial charge in [0, 0.05) is 12.8 Å². The van der Waals surface area contributed by atoms with Crippen molar-refractivity contribution in [3.63, 3.8) is 0 Å². The second-order valence-corrected chi connectivity index (χ2v) is 19.4. The number of allylic oxidation sites excluding steroid dienone is 4. The molecule has 15 nitrogen and oxygen atoms in total. The summed E-state index contributed by atoms with van der Waals surface area (Å²) in [6.07, 6.45) is 26.3. The Kier molecular flexibility index (Phi) is 37.9. The van der Waals surface area contributed by atoms with Crippen LogP contribution in [0.25, 0.3) is 0 Å². The zero-order chi connectivity index (χ0) is 50.3. The molecular formula is C54H98O15. The minimum absolute atomic E-state index is 0.163. The van der Waals surface area contributed by atoms with Crippen LogP contribution in [0.2, 0.25) is 0 Å². The number of esters is 2. The van der Waals surface area contributed by atoms with E-state index in [-0.39, 0.29) is 26.1 Å². The van der Waals surface area contributed by atoms with Crippen LogP contribution in [0.4, 0.5) is 0 Å². The molecule has 0 aromatic heterocycles. The third-order valence-electron chi connectivity index (χ3n) is 13.2. The lowest BCUT2D eigenvalue weighted by atomic mass is 9.98. The van der Waals surface area contributed by atoms with Crippen LogP contribution in [0.3, 0.4) is 0 Å². The lowest BCUT2D eigenvalue weighted by molar-refractivity contribution is -0.332. The molecule has 0 bridgehead atoms. The molecule has 2 fully saturated rings. The van der Waals surface area contributed by atoms with E-state index in [0.717, 1.165) is 44.9 Å². The molecule has 0 saturated carbocycles. The number of unbranched alkanes of at least 4 members (excludes halogenated alkanes) is 25. The van der Waals surface area contributed by atoms with Crippen molar-refractivity contribution in [3.05, 3.63) is 24.3 Å². The van der Waals surface area contributed by atoms with Gasteiger partial charge in [-0.1, -0.05) is 179 Å². The Bertz CT molecular complexity index is 1300. The van der Waals surface area contributed by atoms with Gasteiger partial charge in [-0.3, -0.25) is 9.59 Å². The quantitative estimate of drug-likeness (QED) is 0.0173. The van der Waals surface area contributed by atoms with E-state index in [1.165, 1.54) is 128 Å². The molecule has 0 spiro atoms. The molecule has 7 N–H and O–H groups in total. The summed E-state index contributed by atoms with van der Waals surface area (Å²) in [6.45, 7) is 2.58. The van der Waals surface area contributed by atoms with E-state index in [1.54, 1.807) is 0 Å². The summed E-state index contributed by atoms with van der Waals surface area (Å²) in [5.74, 6) is -0.953. The normalized spacial score (nSPS) is 25.7. The molecule has 2 saturated heterocycles. The van der Waals surface area contributed by atoms with Gasteiger partial charge in [-0.2, -0.15) is 0 Å². The van der Waals surface area contributed by atoms with E-state index < -0.39 is 92.7 Å². The minimum Gasteiger partial charge on any atom is -0.462 e. The van der Waals surface area contributed by atoms with E-state index >= 15 is 0 Å². The Morgan fingerprint density at radius 2 is 0.870 bits per heavy atom. The van der Waals surface area contributed by atoms with Gasteiger partial charge in [0.1, 0.15) is 55.4 Å². The summed E-state index contributed by atoms with van der Waals surface area (Å²) < 4.78 is 33.6. The van der Waals surface area contributed by atoms with Gasteiger partial charge in [-0.15, -0.1) is 0 Å². The monoisotopic (exact) mass is 987 g/mol. The second kappa shape index (κ2) is 41.5. The number of hydrogen-bond acceptors (Lipinski definition) is 15. The van der Waals surface area contributed by atoms with Gasteiger partial charge in [0.2, 0.25) is 0 Å². The molecule has 0 aromatic rings. The molecule has 0 radical (unpaired) electrons. The van der Waals surface area contributed by atoms with Crippen molar-refractivity contribution in [2.45, 2.75) is 280 Å². The summed E-state index contributed by atoms with van der Waals surface area (Å²) in [6, 6.07) is 0. The van der Waals surface area contributed by atoms with Crippen LogP contribution >= 0.6 is 0 Å². The van der Waals surface area contributed by atoms with Crippen LogP contribution in [-0.2, 0) is 38.0 Å². The largest absolute Gasteiger partial charge is 0.462 e. The fourth-order valence-electron chi connectivity index (χ4n) is 8.66. The smallest absolute Gasteiger partial charge is 0.306 e. The lowest BCUT2D eigenvalue weighted by Crippen LogP contribution is -2.61. The predicted molar refractivity (Wildman–Crippen MR) is 266 cm³/mol. The van der Waals surface area contributed by atoms with Crippen LogP contribution in [0.5, 0.6) is 0 Å². The van der Waals surface area contributed by atoms with Gasteiger partial charge in [0.25, 0.3) is 0 Å². The molecule has 11 atom stereocenters. The fraction of sp³-hybridized carbons (Fsp3) is 0.889. The molecule has 404 valence electrons. The van der Waals surface area contributed by atoms with Crippen molar-refractivity contribution in [2.75, 3.05) is 26.4 Å². The van der Waals surface area contributed by atoms with E-state index in [9.17, 15) is 45.3 Å². The number of carbonyl (C=O) groups excluding carboxylic acids is 2. The highest BCUT2D eigenvalue weighted by Crippen LogP contribution is 2.27. The predicted octanol–water partition coefficient (Wildman–Crippen LogP) is 8.33. The topological polar surface area (TPSA) is 231 Å².